The number of aromatic nitrogens is 1. The van der Waals surface area contributed by atoms with Gasteiger partial charge in [-0.25, -0.2) is 14.0 Å². The van der Waals surface area contributed by atoms with E-state index in [0.29, 0.717) is 11.4 Å². The van der Waals surface area contributed by atoms with Crippen molar-refractivity contribution < 1.29 is 27.8 Å². The minimum absolute atomic E-state index is 0.0959. The average Bonchev–Trinajstić information content (AvgIpc) is 2.72. The van der Waals surface area contributed by atoms with E-state index in [1.54, 1.807) is 12.1 Å². The summed E-state index contributed by atoms with van der Waals surface area (Å²) in [5.74, 6) is -0.680. The van der Waals surface area contributed by atoms with Crippen molar-refractivity contribution in [2.75, 3.05) is 36.6 Å². The van der Waals surface area contributed by atoms with E-state index in [-0.39, 0.29) is 42.7 Å². The lowest BCUT2D eigenvalue weighted by Gasteiger charge is -2.42. The summed E-state index contributed by atoms with van der Waals surface area (Å²) in [5.41, 5.74) is 1.29. The number of amides is 2. The van der Waals surface area contributed by atoms with Crippen molar-refractivity contribution in [1.82, 2.24) is 9.88 Å². The van der Waals surface area contributed by atoms with Gasteiger partial charge in [0.1, 0.15) is 5.82 Å². The predicted octanol–water partition coefficient (Wildman–Crippen LogP) is 3.20. The number of rotatable bonds is 4. The zero-order chi connectivity index (χ0) is 21.0. The Hall–Kier alpha value is -2.69. The van der Waals surface area contributed by atoms with Crippen LogP contribution in [0.25, 0.3) is 0 Å². The standard InChI is InChI=1S/C19H22FN3O5S/c1-28-18(24)14-2-5-16(21-12-14)13-23(17-6-3-15(20)4-7-17)19(25)22-8-10-29(26,27)11-9-22/h2-7,12,26-27H,8-11,13H2,1H3. The van der Waals surface area contributed by atoms with Crippen LogP contribution in [0.4, 0.5) is 14.9 Å². The first-order valence-corrected chi connectivity index (χ1v) is 10.8. The Balaban J connectivity index is 1.82. The molecule has 3 rings (SSSR count). The maximum Gasteiger partial charge on any atom is 0.339 e. The molecular weight excluding hydrogens is 401 g/mol. The zero-order valence-electron chi connectivity index (χ0n) is 15.8. The maximum absolute atomic E-state index is 13.3. The minimum atomic E-state index is -2.64. The molecule has 0 spiro atoms. The van der Waals surface area contributed by atoms with Crippen LogP contribution in [-0.2, 0) is 11.3 Å². The second-order valence-corrected chi connectivity index (χ2v) is 8.99. The number of carbonyl (C=O) groups excluding carboxylic acids is 2. The van der Waals surface area contributed by atoms with Crippen LogP contribution in [0, 0.1) is 5.82 Å². The molecule has 10 heteroatoms. The second-order valence-electron chi connectivity index (χ2n) is 6.57. The number of urea groups is 1. The van der Waals surface area contributed by atoms with Gasteiger partial charge in [-0.15, -0.1) is 0 Å². The molecule has 2 N–H and O–H groups in total. The molecule has 1 saturated heterocycles. The average molecular weight is 423 g/mol. The third kappa shape index (κ3) is 5.22. The van der Waals surface area contributed by atoms with E-state index in [1.165, 1.54) is 47.4 Å². The third-order valence-electron chi connectivity index (χ3n) is 4.58. The molecule has 1 aliphatic rings. The number of hydrogen-bond acceptors (Lipinski definition) is 6. The monoisotopic (exact) mass is 423 g/mol. The largest absolute Gasteiger partial charge is 0.465 e. The molecule has 156 valence electrons. The van der Waals surface area contributed by atoms with Gasteiger partial charge in [-0.3, -0.25) is 19.0 Å². The normalized spacial score (nSPS) is 16.8. The van der Waals surface area contributed by atoms with Crippen molar-refractivity contribution in [3.63, 3.8) is 0 Å². The third-order valence-corrected chi connectivity index (χ3v) is 6.25. The van der Waals surface area contributed by atoms with Crippen molar-refractivity contribution in [2.45, 2.75) is 6.54 Å². The van der Waals surface area contributed by atoms with Crippen LogP contribution in [0.15, 0.2) is 42.6 Å². The van der Waals surface area contributed by atoms with Gasteiger partial charge in [-0.1, -0.05) is 0 Å². The van der Waals surface area contributed by atoms with Crippen molar-refractivity contribution in [3.05, 3.63) is 59.7 Å². The van der Waals surface area contributed by atoms with E-state index in [0.717, 1.165) is 0 Å². The molecule has 29 heavy (non-hydrogen) atoms. The summed E-state index contributed by atoms with van der Waals surface area (Å²) in [6.07, 6.45) is 1.37. The Bertz CT molecular complexity index is 866. The van der Waals surface area contributed by atoms with E-state index in [1.807, 2.05) is 0 Å². The fourth-order valence-corrected chi connectivity index (χ4v) is 4.13. The first kappa shape index (κ1) is 21.0. The molecule has 2 amide bonds. The number of benzene rings is 1. The number of esters is 1. The summed E-state index contributed by atoms with van der Waals surface area (Å²) in [4.78, 5) is 31.9. The molecule has 8 nitrogen and oxygen atoms in total. The number of ether oxygens (including phenoxy) is 1. The lowest BCUT2D eigenvalue weighted by atomic mass is 10.2. The van der Waals surface area contributed by atoms with Gasteiger partial charge in [0, 0.05) is 25.0 Å². The Morgan fingerprint density at radius 1 is 1.17 bits per heavy atom. The first-order valence-electron chi connectivity index (χ1n) is 8.88. The highest BCUT2D eigenvalue weighted by Gasteiger charge is 2.29. The summed E-state index contributed by atoms with van der Waals surface area (Å²) in [5, 5.41) is 0. The Morgan fingerprint density at radius 2 is 1.83 bits per heavy atom. The van der Waals surface area contributed by atoms with Crippen molar-refractivity contribution >= 4 is 28.3 Å². The van der Waals surface area contributed by atoms with Crippen LogP contribution in [0.2, 0.25) is 0 Å². The van der Waals surface area contributed by atoms with Gasteiger partial charge in [0.2, 0.25) is 0 Å². The van der Waals surface area contributed by atoms with Gasteiger partial charge in [0.15, 0.2) is 0 Å². The molecule has 0 saturated carbocycles. The highest BCUT2D eigenvalue weighted by atomic mass is 32.3. The van der Waals surface area contributed by atoms with Gasteiger partial charge in [-0.2, -0.15) is 10.6 Å². The topological polar surface area (TPSA) is 103 Å². The molecule has 1 aliphatic heterocycles. The highest BCUT2D eigenvalue weighted by molar-refractivity contribution is 8.24. The second kappa shape index (κ2) is 8.76. The van der Waals surface area contributed by atoms with E-state index in [2.05, 4.69) is 9.72 Å². The minimum Gasteiger partial charge on any atom is -0.465 e. The number of pyridine rings is 1. The number of halogens is 1. The van der Waals surface area contributed by atoms with E-state index >= 15 is 0 Å². The van der Waals surface area contributed by atoms with E-state index < -0.39 is 22.4 Å². The van der Waals surface area contributed by atoms with Crippen molar-refractivity contribution in [1.29, 1.82) is 0 Å². The summed E-state index contributed by atoms with van der Waals surface area (Å²) in [7, 11) is -1.36. The summed E-state index contributed by atoms with van der Waals surface area (Å²) >= 11 is 0. The first-order chi connectivity index (χ1) is 13.8. The quantitative estimate of drug-likeness (QED) is 0.732. The fourth-order valence-electron chi connectivity index (χ4n) is 2.90. The molecule has 2 aromatic rings. The number of carbonyl (C=O) groups is 2. The molecule has 2 heterocycles. The fraction of sp³-hybridized carbons (Fsp3) is 0.316. The lowest BCUT2D eigenvalue weighted by Crippen LogP contribution is -2.48. The Morgan fingerprint density at radius 3 is 2.38 bits per heavy atom. The van der Waals surface area contributed by atoms with Crippen LogP contribution in [0.5, 0.6) is 0 Å². The Kier molecular flexibility index (Phi) is 6.36. The maximum atomic E-state index is 13.3. The van der Waals surface area contributed by atoms with Gasteiger partial charge >= 0.3 is 12.0 Å². The number of methoxy groups -OCH3 is 1. The predicted molar refractivity (Wildman–Crippen MR) is 108 cm³/mol. The molecule has 0 unspecified atom stereocenters. The van der Waals surface area contributed by atoms with E-state index in [9.17, 15) is 23.1 Å². The van der Waals surface area contributed by atoms with Gasteiger partial charge in [0.05, 0.1) is 36.4 Å². The molecular formula is C19H22FN3O5S. The van der Waals surface area contributed by atoms with Crippen LogP contribution >= 0.6 is 10.6 Å². The van der Waals surface area contributed by atoms with Gasteiger partial charge in [0.25, 0.3) is 0 Å². The van der Waals surface area contributed by atoms with Crippen molar-refractivity contribution in [3.8, 4) is 0 Å². The molecule has 0 bridgehead atoms. The summed E-state index contributed by atoms with van der Waals surface area (Å²) < 4.78 is 37.6. The van der Waals surface area contributed by atoms with Crippen molar-refractivity contribution in [2.24, 2.45) is 0 Å². The zero-order valence-corrected chi connectivity index (χ0v) is 16.6. The molecule has 1 fully saturated rings. The van der Waals surface area contributed by atoms with E-state index in [4.69, 9.17) is 0 Å². The summed E-state index contributed by atoms with van der Waals surface area (Å²) in [6, 6.07) is 8.33. The number of anilines is 1. The number of nitrogens with zero attached hydrogens (tertiary/aromatic N) is 3. The van der Waals surface area contributed by atoms with Gasteiger partial charge < -0.3 is 9.64 Å². The van der Waals surface area contributed by atoms with Gasteiger partial charge in [-0.05, 0) is 36.4 Å². The van der Waals surface area contributed by atoms with Crippen LogP contribution in [-0.4, -0.2) is 62.7 Å². The summed E-state index contributed by atoms with van der Waals surface area (Å²) in [6.45, 7) is 0.528. The molecule has 0 radical (unpaired) electrons. The smallest absolute Gasteiger partial charge is 0.339 e. The molecule has 0 atom stereocenters. The molecule has 0 aliphatic carbocycles. The highest BCUT2D eigenvalue weighted by Crippen LogP contribution is 2.40. The van der Waals surface area contributed by atoms with Crippen LogP contribution < -0.4 is 4.90 Å². The Labute approximate surface area is 169 Å². The SMILES string of the molecule is COC(=O)c1ccc(CN(C(=O)N2CCS(O)(O)CC2)c2ccc(F)cc2)nc1. The lowest BCUT2D eigenvalue weighted by molar-refractivity contribution is 0.0600. The number of hydrogen-bond donors (Lipinski definition) is 2. The molecule has 1 aromatic carbocycles. The van der Waals surface area contributed by atoms with Crippen LogP contribution in [0.1, 0.15) is 16.1 Å². The van der Waals surface area contributed by atoms with Crippen LogP contribution in [0.3, 0.4) is 0 Å². The molecule has 1 aromatic heterocycles.